The van der Waals surface area contributed by atoms with Crippen molar-refractivity contribution >= 4 is 5.90 Å². The van der Waals surface area contributed by atoms with Crippen molar-refractivity contribution in [1.29, 1.82) is 5.41 Å². The molecule has 3 heteroatoms. The molecule has 35 valence electrons. The monoisotopic (exact) mass is 89.1 g/mol. The van der Waals surface area contributed by atoms with Crippen molar-refractivity contribution in [2.75, 3.05) is 0 Å². The van der Waals surface area contributed by atoms with Crippen LogP contribution in [0.1, 0.15) is 6.92 Å². The number of hydrogen-bond acceptors (Lipinski definition) is 1. The van der Waals surface area contributed by atoms with Gasteiger partial charge in [-0.2, -0.15) is 0 Å². The topological polar surface area (TPSA) is 72.9 Å². The summed E-state index contributed by atoms with van der Waals surface area (Å²) in [5, 5.41) is 14.6. The van der Waals surface area contributed by atoms with Gasteiger partial charge in [-0.1, -0.05) is 0 Å². The zero-order valence-electron chi connectivity index (χ0n) is 3.73. The maximum absolute atomic E-state index is 8.15. The molecular weight excluding hydrogens is 80.0 g/mol. The zero-order valence-corrected chi connectivity index (χ0v) is 3.73. The van der Waals surface area contributed by atoms with Gasteiger partial charge in [-0.15, -0.1) is 0 Å². The molecule has 1 atom stereocenters. The first-order valence-corrected chi connectivity index (χ1v) is 1.75. The highest BCUT2D eigenvalue weighted by Gasteiger charge is 2.11. The summed E-state index contributed by atoms with van der Waals surface area (Å²) in [7, 11) is 0. The lowest BCUT2D eigenvalue weighted by molar-refractivity contribution is -0.392. The van der Waals surface area contributed by atoms with Crippen molar-refractivity contribution in [2.24, 2.45) is 0 Å². The molecule has 0 aromatic heterocycles. The van der Waals surface area contributed by atoms with Gasteiger partial charge in [-0.25, -0.2) is 5.41 Å². The molecule has 0 saturated carbocycles. The highest BCUT2D eigenvalue weighted by atomic mass is 16.3. The Morgan fingerprint density at radius 2 is 2.17 bits per heavy atom. The first kappa shape index (κ1) is 5.43. The summed E-state index contributed by atoms with van der Waals surface area (Å²) in [6.45, 7) is 1.66. The molecule has 0 heterocycles. The summed E-state index contributed by atoms with van der Waals surface area (Å²) in [5.41, 5.74) is 3.36. The molecule has 6 heavy (non-hydrogen) atoms. The van der Waals surface area contributed by atoms with Crippen LogP contribution in [-0.4, -0.2) is 17.0 Å². The summed E-state index contributed by atoms with van der Waals surface area (Å²) < 4.78 is 0. The van der Waals surface area contributed by atoms with Crippen molar-refractivity contribution in [2.45, 2.75) is 13.0 Å². The van der Waals surface area contributed by atoms with Crippen molar-refractivity contribution in [3.05, 3.63) is 0 Å². The molecular formula is C3H9N2O+2. The lowest BCUT2D eigenvalue weighted by Crippen LogP contribution is -2.62. The second-order valence-corrected chi connectivity index (χ2v) is 1.29. The van der Waals surface area contributed by atoms with Crippen molar-refractivity contribution in [3.8, 4) is 0 Å². The maximum atomic E-state index is 8.15. The van der Waals surface area contributed by atoms with Crippen LogP contribution in [0.4, 0.5) is 0 Å². The Bertz CT molecular complexity index is 59.8. The predicted octanol–water partition coefficient (Wildman–Crippen LogP) is -0.848. The van der Waals surface area contributed by atoms with Crippen LogP contribution in [0, 0.1) is 5.41 Å². The SMILES string of the molecule is CC([NH3+])C(=N)[OH+]. The van der Waals surface area contributed by atoms with Gasteiger partial charge < -0.3 is 5.73 Å². The number of hydrogen-bond donors (Lipinski definition) is 2. The normalized spacial score (nSPS) is 13.7. The van der Waals surface area contributed by atoms with E-state index in [-0.39, 0.29) is 11.9 Å². The summed E-state index contributed by atoms with van der Waals surface area (Å²) in [6.07, 6.45) is 0. The Morgan fingerprint density at radius 3 is 2.17 bits per heavy atom. The fourth-order valence-electron chi connectivity index (χ4n) is 0. The highest BCUT2D eigenvalue weighted by molar-refractivity contribution is 5.73. The van der Waals surface area contributed by atoms with E-state index < -0.39 is 0 Å². The van der Waals surface area contributed by atoms with Crippen molar-refractivity contribution in [1.82, 2.24) is 0 Å². The molecule has 0 aliphatic heterocycles. The van der Waals surface area contributed by atoms with Gasteiger partial charge in [0.1, 0.15) is 0 Å². The zero-order chi connectivity index (χ0) is 5.15. The molecule has 0 rings (SSSR count). The van der Waals surface area contributed by atoms with Crippen LogP contribution in [-0.2, 0) is 0 Å². The molecule has 0 aliphatic carbocycles. The van der Waals surface area contributed by atoms with E-state index in [1.165, 1.54) is 0 Å². The molecule has 0 aliphatic rings. The summed E-state index contributed by atoms with van der Waals surface area (Å²) in [4.78, 5) is 0. The Labute approximate surface area is 36.3 Å². The molecule has 0 bridgehead atoms. The Balaban J connectivity index is 3.26. The summed E-state index contributed by atoms with van der Waals surface area (Å²) >= 11 is 0. The van der Waals surface area contributed by atoms with Crippen LogP contribution >= 0.6 is 0 Å². The first-order chi connectivity index (χ1) is 2.64. The first-order valence-electron chi connectivity index (χ1n) is 1.75. The van der Waals surface area contributed by atoms with Gasteiger partial charge in [-0.3, -0.25) is 5.11 Å². The summed E-state index contributed by atoms with van der Waals surface area (Å²) in [5.74, 6) is -0.352. The second kappa shape index (κ2) is 1.77. The molecule has 0 aromatic carbocycles. The van der Waals surface area contributed by atoms with Gasteiger partial charge in [-0.05, 0) is 0 Å². The molecule has 5 N–H and O–H groups in total. The van der Waals surface area contributed by atoms with Crippen LogP contribution in [0.25, 0.3) is 0 Å². The third-order valence-electron chi connectivity index (χ3n) is 0.467. The molecule has 1 unspecified atom stereocenters. The number of aliphatic hydroxyl groups excluding tert-OH is 1. The minimum Gasteiger partial charge on any atom is -0.343 e. The number of quaternary nitrogens is 1. The van der Waals surface area contributed by atoms with Gasteiger partial charge >= 0.3 is 5.90 Å². The average Bonchev–Trinajstić information content (AvgIpc) is 1.36. The van der Waals surface area contributed by atoms with E-state index in [0.29, 0.717) is 0 Å². The average molecular weight is 89.1 g/mol. The third-order valence-corrected chi connectivity index (χ3v) is 0.467. The van der Waals surface area contributed by atoms with E-state index in [2.05, 4.69) is 5.73 Å². The molecule has 1 radical (unpaired) electrons. The molecule has 0 spiro atoms. The van der Waals surface area contributed by atoms with Crippen LogP contribution < -0.4 is 5.73 Å². The van der Waals surface area contributed by atoms with E-state index in [9.17, 15) is 0 Å². The lowest BCUT2D eigenvalue weighted by Gasteiger charge is -1.80. The minimum absolute atomic E-state index is 0.259. The number of aliphatic hydroxyl groups is 1. The van der Waals surface area contributed by atoms with Crippen LogP contribution in [0.3, 0.4) is 0 Å². The van der Waals surface area contributed by atoms with Crippen molar-refractivity contribution < 1.29 is 10.8 Å². The van der Waals surface area contributed by atoms with E-state index in [0.717, 1.165) is 0 Å². The second-order valence-electron chi connectivity index (χ2n) is 1.29. The fraction of sp³-hybridized carbons (Fsp3) is 0.667. The van der Waals surface area contributed by atoms with E-state index in [1.807, 2.05) is 0 Å². The predicted molar refractivity (Wildman–Crippen MR) is 22.7 cm³/mol. The smallest absolute Gasteiger partial charge is 0.343 e. The third kappa shape index (κ3) is 1.72. The maximum Gasteiger partial charge on any atom is 0.465 e. The van der Waals surface area contributed by atoms with Crippen LogP contribution in [0.15, 0.2) is 0 Å². The molecule has 0 fully saturated rings. The number of nitrogens with one attached hydrogen (secondary N) is 1. The Morgan fingerprint density at radius 1 is 2.00 bits per heavy atom. The van der Waals surface area contributed by atoms with Gasteiger partial charge in [0.05, 0.1) is 0 Å². The van der Waals surface area contributed by atoms with Gasteiger partial charge in [0, 0.05) is 6.92 Å². The number of rotatable bonds is 1. The standard InChI is InChI=1S/C3H8N2O/c1-2(4)3(5)6/h2,5-6H,4H2,1H3/q+1/p+1. The van der Waals surface area contributed by atoms with Crippen LogP contribution in [0.2, 0.25) is 0 Å². The minimum atomic E-state index is -0.352. The fourth-order valence-corrected chi connectivity index (χ4v) is 0. The molecule has 3 nitrogen and oxygen atoms in total. The van der Waals surface area contributed by atoms with E-state index in [4.69, 9.17) is 10.5 Å². The van der Waals surface area contributed by atoms with Crippen LogP contribution in [0.5, 0.6) is 0 Å². The van der Waals surface area contributed by atoms with E-state index in [1.54, 1.807) is 6.92 Å². The Kier molecular flexibility index (Phi) is 1.60. The molecule has 0 aromatic rings. The highest BCUT2D eigenvalue weighted by Crippen LogP contribution is 1.65. The Hall–Kier alpha value is -0.570. The molecule has 0 amide bonds. The lowest BCUT2D eigenvalue weighted by atomic mass is 10.4. The van der Waals surface area contributed by atoms with Gasteiger partial charge in [0.25, 0.3) is 0 Å². The molecule has 0 saturated heterocycles. The quantitative estimate of drug-likeness (QED) is 0.245. The summed E-state index contributed by atoms with van der Waals surface area (Å²) in [6, 6.07) is -0.259. The largest absolute Gasteiger partial charge is 0.465 e. The van der Waals surface area contributed by atoms with Gasteiger partial charge in [0.2, 0.25) is 6.04 Å². The van der Waals surface area contributed by atoms with Crippen molar-refractivity contribution in [3.63, 3.8) is 0 Å². The van der Waals surface area contributed by atoms with E-state index >= 15 is 0 Å². The van der Waals surface area contributed by atoms with Gasteiger partial charge in [0.15, 0.2) is 0 Å².